The van der Waals surface area contributed by atoms with Gasteiger partial charge in [-0.15, -0.1) is 0 Å². The lowest BCUT2D eigenvalue weighted by atomic mass is 10.2. The first kappa shape index (κ1) is 18.0. The number of nitrogens with one attached hydrogen (secondary N) is 1. The lowest BCUT2D eigenvalue weighted by molar-refractivity contribution is 0.528. The summed E-state index contributed by atoms with van der Waals surface area (Å²) >= 11 is 0. The van der Waals surface area contributed by atoms with E-state index in [9.17, 15) is 13.2 Å². The number of benzene rings is 1. The molecule has 0 aliphatic rings. The zero-order valence-corrected chi connectivity index (χ0v) is 15.2. The van der Waals surface area contributed by atoms with E-state index < -0.39 is 10.0 Å². The van der Waals surface area contributed by atoms with E-state index in [4.69, 9.17) is 5.14 Å². The van der Waals surface area contributed by atoms with E-state index in [1.165, 1.54) is 18.2 Å². The van der Waals surface area contributed by atoms with Gasteiger partial charge in [0.1, 0.15) is 5.65 Å². The standard InChI is InChI=1S/C17H19N5O3S/c1-3-11(2)22-15(23)8-7-12-10-19-17(21-16(12)22)20-13-5-4-6-14(9-13)26(18,24)25/h4-11H,3H2,1-2H3,(H2,18,24,25)(H,19,20,21). The summed E-state index contributed by atoms with van der Waals surface area (Å²) in [6, 6.07) is 9.22. The molecule has 1 unspecified atom stereocenters. The Morgan fingerprint density at radius 2 is 2.04 bits per heavy atom. The summed E-state index contributed by atoms with van der Waals surface area (Å²) in [4.78, 5) is 20.9. The van der Waals surface area contributed by atoms with Gasteiger partial charge in [-0.25, -0.2) is 18.5 Å². The second kappa shape index (κ2) is 6.85. The molecule has 3 aromatic rings. The highest BCUT2D eigenvalue weighted by Gasteiger charge is 2.12. The molecule has 0 saturated carbocycles. The first-order valence-corrected chi connectivity index (χ1v) is 9.62. The fourth-order valence-electron chi connectivity index (χ4n) is 2.59. The van der Waals surface area contributed by atoms with Crippen LogP contribution < -0.4 is 16.0 Å². The van der Waals surface area contributed by atoms with Crippen molar-refractivity contribution in [1.29, 1.82) is 0 Å². The molecule has 0 radical (unpaired) electrons. The maximum Gasteiger partial charge on any atom is 0.252 e. The number of fused-ring (bicyclic) bond motifs is 1. The normalized spacial score (nSPS) is 12.9. The number of sulfonamides is 1. The van der Waals surface area contributed by atoms with Crippen LogP contribution in [0.2, 0.25) is 0 Å². The Kier molecular flexibility index (Phi) is 4.75. The highest BCUT2D eigenvalue weighted by Crippen LogP contribution is 2.20. The smallest absolute Gasteiger partial charge is 0.252 e. The van der Waals surface area contributed by atoms with Gasteiger partial charge in [0, 0.05) is 29.4 Å². The van der Waals surface area contributed by atoms with Crippen molar-refractivity contribution in [2.75, 3.05) is 5.32 Å². The van der Waals surface area contributed by atoms with Gasteiger partial charge in [-0.2, -0.15) is 4.98 Å². The molecule has 0 aliphatic carbocycles. The van der Waals surface area contributed by atoms with E-state index in [1.54, 1.807) is 29.0 Å². The van der Waals surface area contributed by atoms with E-state index in [1.807, 2.05) is 13.8 Å². The molecule has 1 aromatic carbocycles. The molecule has 0 aliphatic heterocycles. The Morgan fingerprint density at radius 1 is 1.27 bits per heavy atom. The highest BCUT2D eigenvalue weighted by atomic mass is 32.2. The van der Waals surface area contributed by atoms with Crippen molar-refractivity contribution in [2.45, 2.75) is 31.2 Å². The van der Waals surface area contributed by atoms with Gasteiger partial charge in [0.15, 0.2) is 0 Å². The van der Waals surface area contributed by atoms with Gasteiger partial charge in [-0.1, -0.05) is 13.0 Å². The molecule has 1 atom stereocenters. The molecule has 3 rings (SSSR count). The number of hydrogen-bond acceptors (Lipinski definition) is 6. The van der Waals surface area contributed by atoms with Crippen molar-refractivity contribution in [3.05, 3.63) is 52.9 Å². The molecule has 0 saturated heterocycles. The van der Waals surface area contributed by atoms with Crippen LogP contribution in [0, 0.1) is 0 Å². The van der Waals surface area contributed by atoms with Gasteiger partial charge in [0.25, 0.3) is 5.56 Å². The molecule has 136 valence electrons. The molecule has 0 bridgehead atoms. The monoisotopic (exact) mass is 373 g/mol. The van der Waals surface area contributed by atoms with Gasteiger partial charge in [-0.3, -0.25) is 9.36 Å². The molecule has 8 nitrogen and oxygen atoms in total. The van der Waals surface area contributed by atoms with Gasteiger partial charge >= 0.3 is 0 Å². The van der Waals surface area contributed by atoms with Crippen LogP contribution in [0.4, 0.5) is 11.6 Å². The average Bonchev–Trinajstić information content (AvgIpc) is 2.60. The van der Waals surface area contributed by atoms with Crippen molar-refractivity contribution in [3.63, 3.8) is 0 Å². The summed E-state index contributed by atoms with van der Waals surface area (Å²) in [7, 11) is -3.81. The molecule has 2 aromatic heterocycles. The number of primary sulfonamides is 1. The first-order chi connectivity index (χ1) is 12.3. The number of rotatable bonds is 5. The Labute approximate surface area is 150 Å². The quantitative estimate of drug-likeness (QED) is 0.707. The fourth-order valence-corrected chi connectivity index (χ4v) is 3.15. The maximum atomic E-state index is 12.3. The van der Waals surface area contributed by atoms with Crippen LogP contribution in [0.1, 0.15) is 26.3 Å². The molecular formula is C17H19N5O3S. The summed E-state index contributed by atoms with van der Waals surface area (Å²) in [6.07, 6.45) is 2.40. The topological polar surface area (TPSA) is 120 Å². The molecule has 3 N–H and O–H groups in total. The van der Waals surface area contributed by atoms with Crippen LogP contribution >= 0.6 is 0 Å². The predicted octanol–water partition coefficient (Wildman–Crippen LogP) is 2.15. The summed E-state index contributed by atoms with van der Waals surface area (Å²) in [5.74, 6) is 0.256. The number of pyridine rings is 1. The zero-order valence-electron chi connectivity index (χ0n) is 14.4. The zero-order chi connectivity index (χ0) is 18.9. The molecule has 26 heavy (non-hydrogen) atoms. The Hall–Kier alpha value is -2.78. The number of anilines is 2. The van der Waals surface area contributed by atoms with E-state index in [0.29, 0.717) is 11.3 Å². The van der Waals surface area contributed by atoms with E-state index in [0.717, 1.165) is 11.8 Å². The third-order valence-corrected chi connectivity index (χ3v) is 5.03. The van der Waals surface area contributed by atoms with Crippen LogP contribution in [-0.4, -0.2) is 23.0 Å². The second-order valence-corrected chi connectivity index (χ2v) is 7.53. The molecule has 0 spiro atoms. The van der Waals surface area contributed by atoms with Gasteiger partial charge < -0.3 is 5.32 Å². The van der Waals surface area contributed by atoms with Gasteiger partial charge in [-0.05, 0) is 37.6 Å². The predicted molar refractivity (Wildman–Crippen MR) is 99.9 cm³/mol. The summed E-state index contributed by atoms with van der Waals surface area (Å²) in [5, 5.41) is 8.85. The average molecular weight is 373 g/mol. The minimum absolute atomic E-state index is 0.0141. The Bertz CT molecular complexity index is 1120. The highest BCUT2D eigenvalue weighted by molar-refractivity contribution is 7.89. The third-order valence-electron chi connectivity index (χ3n) is 4.12. The van der Waals surface area contributed by atoms with E-state index in [-0.39, 0.29) is 22.4 Å². The van der Waals surface area contributed by atoms with Crippen molar-refractivity contribution < 1.29 is 8.42 Å². The van der Waals surface area contributed by atoms with Crippen LogP contribution in [0.25, 0.3) is 11.0 Å². The minimum Gasteiger partial charge on any atom is -0.324 e. The summed E-state index contributed by atoms with van der Waals surface area (Å²) in [5.41, 5.74) is 0.865. The van der Waals surface area contributed by atoms with Crippen molar-refractivity contribution >= 4 is 32.7 Å². The third kappa shape index (κ3) is 3.58. The van der Waals surface area contributed by atoms with E-state index in [2.05, 4.69) is 15.3 Å². The van der Waals surface area contributed by atoms with Crippen LogP contribution in [0.5, 0.6) is 0 Å². The largest absolute Gasteiger partial charge is 0.324 e. The maximum absolute atomic E-state index is 12.3. The molecule has 9 heteroatoms. The van der Waals surface area contributed by atoms with Crippen molar-refractivity contribution in [1.82, 2.24) is 14.5 Å². The number of nitrogens with two attached hydrogens (primary N) is 1. The molecule has 2 heterocycles. The number of hydrogen-bond donors (Lipinski definition) is 2. The summed E-state index contributed by atoms with van der Waals surface area (Å²) in [6.45, 7) is 3.95. The Morgan fingerprint density at radius 3 is 2.73 bits per heavy atom. The molecule has 0 amide bonds. The summed E-state index contributed by atoms with van der Waals surface area (Å²) < 4.78 is 24.6. The van der Waals surface area contributed by atoms with Crippen LogP contribution in [-0.2, 0) is 10.0 Å². The minimum atomic E-state index is -3.81. The van der Waals surface area contributed by atoms with Crippen LogP contribution in [0.3, 0.4) is 0 Å². The fraction of sp³-hybridized carbons (Fsp3) is 0.235. The number of nitrogens with zero attached hydrogens (tertiary/aromatic N) is 3. The van der Waals surface area contributed by atoms with Crippen molar-refractivity contribution in [2.24, 2.45) is 5.14 Å². The van der Waals surface area contributed by atoms with Gasteiger partial charge in [0.05, 0.1) is 4.90 Å². The molecule has 0 fully saturated rings. The lowest BCUT2D eigenvalue weighted by Gasteiger charge is -2.16. The SMILES string of the molecule is CCC(C)n1c(=O)ccc2cnc(Nc3cccc(S(N)(=O)=O)c3)nc21. The number of aromatic nitrogens is 3. The lowest BCUT2D eigenvalue weighted by Crippen LogP contribution is -2.23. The molecular weight excluding hydrogens is 354 g/mol. The van der Waals surface area contributed by atoms with Gasteiger partial charge in [0.2, 0.25) is 16.0 Å². The van der Waals surface area contributed by atoms with Crippen LogP contribution in [0.15, 0.2) is 52.3 Å². The van der Waals surface area contributed by atoms with E-state index >= 15 is 0 Å². The Balaban J connectivity index is 2.06. The first-order valence-electron chi connectivity index (χ1n) is 8.08. The van der Waals surface area contributed by atoms with Crippen molar-refractivity contribution in [3.8, 4) is 0 Å². The second-order valence-electron chi connectivity index (χ2n) is 5.97.